The molecular weight excluding hydrogens is 253 g/mol. The van der Waals surface area contributed by atoms with Crippen LogP contribution in [0.5, 0.6) is 0 Å². The lowest BCUT2D eigenvalue weighted by atomic mass is 10.2. The van der Waals surface area contributed by atoms with Gasteiger partial charge in [-0.15, -0.1) is 0 Å². The summed E-state index contributed by atoms with van der Waals surface area (Å²) in [5, 5.41) is 0.0510. The van der Waals surface area contributed by atoms with E-state index in [0.29, 0.717) is 22.6 Å². The van der Waals surface area contributed by atoms with Gasteiger partial charge in [-0.25, -0.2) is 9.37 Å². The van der Waals surface area contributed by atoms with E-state index in [1.165, 1.54) is 6.07 Å². The molecule has 5 heteroatoms. The SMILES string of the molecule is Nc1cccc2[nH]c(-c3cccc(F)c3Cl)nc12. The monoisotopic (exact) mass is 261 g/mol. The van der Waals surface area contributed by atoms with Gasteiger partial charge in [-0.1, -0.05) is 23.7 Å². The van der Waals surface area contributed by atoms with E-state index in [0.717, 1.165) is 5.52 Å². The summed E-state index contributed by atoms with van der Waals surface area (Å²) in [5.74, 6) is 0.0370. The molecule has 0 saturated carbocycles. The maximum absolute atomic E-state index is 13.4. The van der Waals surface area contributed by atoms with Crippen molar-refractivity contribution in [3.05, 3.63) is 47.2 Å². The summed E-state index contributed by atoms with van der Waals surface area (Å²) < 4.78 is 13.4. The third kappa shape index (κ3) is 1.62. The number of nitrogens with one attached hydrogen (secondary N) is 1. The summed E-state index contributed by atoms with van der Waals surface area (Å²) in [4.78, 5) is 7.43. The van der Waals surface area contributed by atoms with E-state index in [1.54, 1.807) is 18.2 Å². The van der Waals surface area contributed by atoms with Crippen LogP contribution in [0.2, 0.25) is 5.02 Å². The third-order valence-corrected chi connectivity index (χ3v) is 3.13. The number of rotatable bonds is 1. The van der Waals surface area contributed by atoms with Gasteiger partial charge in [-0.3, -0.25) is 0 Å². The van der Waals surface area contributed by atoms with Crippen molar-refractivity contribution in [1.29, 1.82) is 0 Å². The van der Waals surface area contributed by atoms with Crippen molar-refractivity contribution in [3.8, 4) is 11.4 Å². The molecule has 1 aromatic heterocycles. The van der Waals surface area contributed by atoms with Crippen molar-refractivity contribution in [2.24, 2.45) is 0 Å². The molecule has 0 unspecified atom stereocenters. The second kappa shape index (κ2) is 3.99. The van der Waals surface area contributed by atoms with Crippen LogP contribution < -0.4 is 5.73 Å². The number of halogens is 2. The van der Waals surface area contributed by atoms with Gasteiger partial charge in [-0.05, 0) is 24.3 Å². The van der Waals surface area contributed by atoms with Gasteiger partial charge in [0.05, 0.1) is 16.2 Å². The number of hydrogen-bond acceptors (Lipinski definition) is 2. The van der Waals surface area contributed by atoms with Crippen LogP contribution in [0.3, 0.4) is 0 Å². The summed E-state index contributed by atoms with van der Waals surface area (Å²) in [6.07, 6.45) is 0. The zero-order valence-corrected chi connectivity index (χ0v) is 10.0. The smallest absolute Gasteiger partial charge is 0.142 e. The number of aromatic amines is 1. The van der Waals surface area contributed by atoms with Crippen LogP contribution in [-0.2, 0) is 0 Å². The average molecular weight is 262 g/mol. The fourth-order valence-electron chi connectivity index (χ4n) is 1.87. The number of anilines is 1. The van der Waals surface area contributed by atoms with Gasteiger partial charge in [0.25, 0.3) is 0 Å². The van der Waals surface area contributed by atoms with Crippen molar-refractivity contribution in [2.45, 2.75) is 0 Å². The Bertz CT molecular complexity index is 736. The van der Waals surface area contributed by atoms with Crippen molar-refractivity contribution in [2.75, 3.05) is 5.73 Å². The maximum Gasteiger partial charge on any atom is 0.142 e. The minimum atomic E-state index is -0.470. The van der Waals surface area contributed by atoms with E-state index in [2.05, 4.69) is 9.97 Å². The van der Waals surface area contributed by atoms with Gasteiger partial charge in [0.2, 0.25) is 0 Å². The predicted octanol–water partition coefficient (Wildman–Crippen LogP) is 3.60. The summed E-state index contributed by atoms with van der Waals surface area (Å²) in [7, 11) is 0. The molecule has 18 heavy (non-hydrogen) atoms. The molecule has 0 amide bonds. The molecule has 2 aromatic carbocycles. The number of nitrogens with zero attached hydrogens (tertiary/aromatic N) is 1. The van der Waals surface area contributed by atoms with Crippen molar-refractivity contribution in [1.82, 2.24) is 9.97 Å². The molecule has 3 nitrogen and oxygen atoms in total. The Morgan fingerprint density at radius 2 is 1.94 bits per heavy atom. The lowest BCUT2D eigenvalue weighted by Gasteiger charge is -2.00. The highest BCUT2D eigenvalue weighted by atomic mass is 35.5. The zero-order valence-electron chi connectivity index (χ0n) is 9.24. The number of fused-ring (bicyclic) bond motifs is 1. The van der Waals surface area contributed by atoms with Gasteiger partial charge in [0.1, 0.15) is 17.2 Å². The van der Waals surface area contributed by atoms with Gasteiger partial charge in [0.15, 0.2) is 0 Å². The Balaban J connectivity index is 2.26. The predicted molar refractivity (Wildman–Crippen MR) is 70.9 cm³/mol. The van der Waals surface area contributed by atoms with Crippen LogP contribution in [0.15, 0.2) is 36.4 Å². The van der Waals surface area contributed by atoms with E-state index >= 15 is 0 Å². The fraction of sp³-hybridized carbons (Fsp3) is 0. The van der Waals surface area contributed by atoms with Gasteiger partial charge in [-0.2, -0.15) is 0 Å². The first kappa shape index (κ1) is 11.0. The van der Waals surface area contributed by atoms with Crippen LogP contribution in [0, 0.1) is 5.82 Å². The molecule has 0 fully saturated rings. The topological polar surface area (TPSA) is 54.7 Å². The Labute approximate surface area is 107 Å². The summed E-state index contributed by atoms with van der Waals surface area (Å²) >= 11 is 5.93. The van der Waals surface area contributed by atoms with Gasteiger partial charge < -0.3 is 10.7 Å². The molecule has 0 spiro atoms. The Morgan fingerprint density at radius 1 is 1.17 bits per heavy atom. The second-order valence-electron chi connectivity index (χ2n) is 3.93. The van der Waals surface area contributed by atoms with Crippen LogP contribution in [0.25, 0.3) is 22.4 Å². The highest BCUT2D eigenvalue weighted by molar-refractivity contribution is 6.33. The first-order valence-electron chi connectivity index (χ1n) is 5.35. The van der Waals surface area contributed by atoms with E-state index in [1.807, 2.05) is 12.1 Å². The Kier molecular flexibility index (Phi) is 2.45. The third-order valence-electron chi connectivity index (χ3n) is 2.75. The lowest BCUT2D eigenvalue weighted by molar-refractivity contribution is 0.628. The van der Waals surface area contributed by atoms with Crippen molar-refractivity contribution < 1.29 is 4.39 Å². The average Bonchev–Trinajstić information content (AvgIpc) is 2.78. The summed E-state index contributed by atoms with van der Waals surface area (Å²) in [6.45, 7) is 0. The molecule has 0 aliphatic carbocycles. The highest BCUT2D eigenvalue weighted by Crippen LogP contribution is 2.30. The quantitative estimate of drug-likeness (QED) is 0.658. The van der Waals surface area contributed by atoms with Crippen LogP contribution >= 0.6 is 11.6 Å². The molecule has 1 heterocycles. The Morgan fingerprint density at radius 3 is 2.72 bits per heavy atom. The normalized spacial score (nSPS) is 11.0. The lowest BCUT2D eigenvalue weighted by Crippen LogP contribution is -1.86. The van der Waals surface area contributed by atoms with E-state index in [9.17, 15) is 4.39 Å². The second-order valence-corrected chi connectivity index (χ2v) is 4.31. The van der Waals surface area contributed by atoms with Crippen molar-refractivity contribution >= 4 is 28.3 Å². The standard InChI is InChI=1S/C13H9ClFN3/c14-11-7(3-1-4-8(11)15)13-17-10-6-2-5-9(16)12(10)18-13/h1-6H,16H2,(H,17,18). The Hall–Kier alpha value is -2.07. The summed E-state index contributed by atoms with van der Waals surface area (Å²) in [5.41, 5.74) is 8.38. The number of H-pyrrole nitrogens is 1. The summed E-state index contributed by atoms with van der Waals surface area (Å²) in [6, 6.07) is 10.1. The largest absolute Gasteiger partial charge is 0.397 e. The van der Waals surface area contributed by atoms with E-state index in [4.69, 9.17) is 17.3 Å². The van der Waals surface area contributed by atoms with Crippen LogP contribution in [0.1, 0.15) is 0 Å². The first-order chi connectivity index (χ1) is 8.66. The molecule has 0 radical (unpaired) electrons. The molecular formula is C13H9ClFN3. The maximum atomic E-state index is 13.4. The minimum absolute atomic E-state index is 0.0510. The van der Waals surface area contributed by atoms with E-state index < -0.39 is 5.82 Å². The molecule has 0 bridgehead atoms. The number of nitrogen functional groups attached to an aromatic ring is 1. The number of hydrogen-bond donors (Lipinski definition) is 2. The van der Waals surface area contributed by atoms with Gasteiger partial charge in [0, 0.05) is 5.56 Å². The molecule has 0 atom stereocenters. The molecule has 0 aliphatic heterocycles. The first-order valence-corrected chi connectivity index (χ1v) is 5.73. The number of nitrogens with two attached hydrogens (primary N) is 1. The van der Waals surface area contributed by atoms with E-state index in [-0.39, 0.29) is 5.02 Å². The number of para-hydroxylation sites is 1. The van der Waals surface area contributed by atoms with Crippen LogP contribution in [-0.4, -0.2) is 9.97 Å². The number of aromatic nitrogens is 2. The molecule has 3 rings (SSSR count). The molecule has 0 saturated heterocycles. The minimum Gasteiger partial charge on any atom is -0.397 e. The zero-order chi connectivity index (χ0) is 12.7. The highest BCUT2D eigenvalue weighted by Gasteiger charge is 2.12. The van der Waals surface area contributed by atoms with Crippen LogP contribution in [0.4, 0.5) is 10.1 Å². The van der Waals surface area contributed by atoms with Crippen molar-refractivity contribution in [3.63, 3.8) is 0 Å². The number of imidazole rings is 1. The molecule has 0 aliphatic rings. The number of benzene rings is 2. The molecule has 3 N–H and O–H groups in total. The van der Waals surface area contributed by atoms with Gasteiger partial charge >= 0.3 is 0 Å². The fourth-order valence-corrected chi connectivity index (χ4v) is 2.08. The molecule has 90 valence electrons. The molecule has 3 aromatic rings.